The molecule has 5 heteroatoms. The fourth-order valence-corrected chi connectivity index (χ4v) is 2.15. The second-order valence-corrected chi connectivity index (χ2v) is 4.44. The Morgan fingerprint density at radius 3 is 3.00 bits per heavy atom. The number of ether oxygens (including phenoxy) is 1. The smallest absolute Gasteiger partial charge is 0.157 e. The van der Waals surface area contributed by atoms with E-state index in [4.69, 9.17) is 4.74 Å². The minimum Gasteiger partial charge on any atom is -0.496 e. The van der Waals surface area contributed by atoms with E-state index in [2.05, 4.69) is 21.5 Å². The lowest BCUT2D eigenvalue weighted by Crippen LogP contribution is -2.07. The molecular formula is C15H16N4O. The van der Waals surface area contributed by atoms with Gasteiger partial charge in [0.2, 0.25) is 0 Å². The second-order valence-electron chi connectivity index (χ2n) is 4.44. The highest BCUT2D eigenvalue weighted by molar-refractivity contribution is 5.45. The second kappa shape index (κ2) is 5.61. The number of nitrogens with zero attached hydrogens (tertiary/aromatic N) is 3. The quantitative estimate of drug-likeness (QED) is 0.772. The van der Waals surface area contributed by atoms with Crippen molar-refractivity contribution in [2.24, 2.45) is 0 Å². The van der Waals surface area contributed by atoms with E-state index in [1.165, 1.54) is 5.56 Å². The lowest BCUT2D eigenvalue weighted by molar-refractivity contribution is 0.410. The standard InChI is InChI=1S/C15H16N4O/c1-20-13-5-3-2-4-12(13)6-9-16-14-8-11-19-15(18-14)7-10-17-19/h2-5,7-8,10-11H,6,9H2,1H3,(H,16,18). The van der Waals surface area contributed by atoms with Crippen LogP contribution < -0.4 is 10.1 Å². The molecule has 3 rings (SSSR count). The van der Waals surface area contributed by atoms with Crippen molar-refractivity contribution in [1.82, 2.24) is 14.6 Å². The Morgan fingerprint density at radius 2 is 2.10 bits per heavy atom. The fourth-order valence-electron chi connectivity index (χ4n) is 2.15. The lowest BCUT2D eigenvalue weighted by atomic mass is 10.1. The molecule has 1 N–H and O–H groups in total. The molecule has 0 saturated heterocycles. The number of aromatic nitrogens is 3. The van der Waals surface area contributed by atoms with Crippen molar-refractivity contribution in [1.29, 1.82) is 0 Å². The van der Waals surface area contributed by atoms with Gasteiger partial charge in [-0.05, 0) is 24.1 Å². The van der Waals surface area contributed by atoms with Gasteiger partial charge < -0.3 is 10.1 Å². The lowest BCUT2D eigenvalue weighted by Gasteiger charge is -2.09. The van der Waals surface area contributed by atoms with E-state index >= 15 is 0 Å². The van der Waals surface area contributed by atoms with Gasteiger partial charge in [0.1, 0.15) is 11.6 Å². The summed E-state index contributed by atoms with van der Waals surface area (Å²) < 4.78 is 7.08. The first-order chi connectivity index (χ1) is 9.86. The summed E-state index contributed by atoms with van der Waals surface area (Å²) in [6.45, 7) is 0.803. The third kappa shape index (κ3) is 2.56. The number of anilines is 1. The maximum Gasteiger partial charge on any atom is 0.157 e. The third-order valence-corrected chi connectivity index (χ3v) is 3.15. The number of rotatable bonds is 5. The average molecular weight is 268 g/mol. The van der Waals surface area contributed by atoms with E-state index < -0.39 is 0 Å². The summed E-state index contributed by atoms with van der Waals surface area (Å²) in [7, 11) is 1.70. The molecule has 0 amide bonds. The Labute approximate surface area is 117 Å². The van der Waals surface area contributed by atoms with Crippen LogP contribution in [0.15, 0.2) is 48.8 Å². The van der Waals surface area contributed by atoms with Crippen LogP contribution in [0.3, 0.4) is 0 Å². The van der Waals surface area contributed by atoms with Gasteiger partial charge >= 0.3 is 0 Å². The van der Waals surface area contributed by atoms with Gasteiger partial charge in [-0.1, -0.05) is 18.2 Å². The summed E-state index contributed by atoms with van der Waals surface area (Å²) in [5.74, 6) is 1.78. The first-order valence-electron chi connectivity index (χ1n) is 6.53. The van der Waals surface area contributed by atoms with Crippen LogP contribution in [0, 0.1) is 0 Å². The molecule has 0 unspecified atom stereocenters. The molecule has 5 nitrogen and oxygen atoms in total. The Hall–Kier alpha value is -2.56. The van der Waals surface area contributed by atoms with Gasteiger partial charge in [-0.2, -0.15) is 5.10 Å². The van der Waals surface area contributed by atoms with Gasteiger partial charge in [0, 0.05) is 18.8 Å². The zero-order valence-electron chi connectivity index (χ0n) is 11.3. The molecular weight excluding hydrogens is 252 g/mol. The average Bonchev–Trinajstić information content (AvgIpc) is 2.95. The van der Waals surface area contributed by atoms with E-state index in [9.17, 15) is 0 Å². The number of methoxy groups -OCH3 is 1. The van der Waals surface area contributed by atoms with Crippen molar-refractivity contribution in [3.05, 3.63) is 54.4 Å². The zero-order chi connectivity index (χ0) is 13.8. The highest BCUT2D eigenvalue weighted by Crippen LogP contribution is 2.17. The summed E-state index contributed by atoms with van der Waals surface area (Å²) in [6.07, 6.45) is 4.52. The predicted molar refractivity (Wildman–Crippen MR) is 78.2 cm³/mol. The van der Waals surface area contributed by atoms with Gasteiger partial charge in [-0.15, -0.1) is 0 Å². The van der Waals surface area contributed by atoms with Crippen molar-refractivity contribution in [2.75, 3.05) is 19.0 Å². The van der Waals surface area contributed by atoms with Crippen molar-refractivity contribution in [2.45, 2.75) is 6.42 Å². The first kappa shape index (κ1) is 12.5. The number of fused-ring (bicyclic) bond motifs is 1. The molecule has 1 aromatic carbocycles. The van der Waals surface area contributed by atoms with Crippen LogP contribution in [-0.2, 0) is 6.42 Å². The van der Waals surface area contributed by atoms with Crippen molar-refractivity contribution >= 4 is 11.5 Å². The minimum absolute atomic E-state index is 0.803. The van der Waals surface area contributed by atoms with E-state index in [1.54, 1.807) is 17.8 Å². The maximum atomic E-state index is 5.34. The summed E-state index contributed by atoms with van der Waals surface area (Å²) in [5, 5.41) is 7.44. The molecule has 20 heavy (non-hydrogen) atoms. The van der Waals surface area contributed by atoms with Crippen molar-refractivity contribution in [3.63, 3.8) is 0 Å². The molecule has 0 saturated carbocycles. The van der Waals surface area contributed by atoms with Crippen LogP contribution in [-0.4, -0.2) is 28.3 Å². The molecule has 0 atom stereocenters. The molecule has 0 aliphatic carbocycles. The molecule has 0 aliphatic heterocycles. The molecule has 102 valence electrons. The van der Waals surface area contributed by atoms with E-state index in [-0.39, 0.29) is 0 Å². The van der Waals surface area contributed by atoms with Crippen LogP contribution >= 0.6 is 0 Å². The number of hydrogen-bond donors (Lipinski definition) is 1. The van der Waals surface area contributed by atoms with Crippen LogP contribution in [0.25, 0.3) is 5.65 Å². The van der Waals surface area contributed by atoms with Crippen LogP contribution in [0.5, 0.6) is 5.75 Å². The number of benzene rings is 1. The first-order valence-corrected chi connectivity index (χ1v) is 6.53. The van der Waals surface area contributed by atoms with Crippen molar-refractivity contribution in [3.8, 4) is 5.75 Å². The predicted octanol–water partition coefficient (Wildman–Crippen LogP) is 2.39. The number of para-hydroxylation sites is 1. The van der Waals surface area contributed by atoms with Crippen LogP contribution in [0.2, 0.25) is 0 Å². The van der Waals surface area contributed by atoms with Crippen LogP contribution in [0.1, 0.15) is 5.56 Å². The molecule has 2 aromatic heterocycles. The molecule has 0 fully saturated rings. The van der Waals surface area contributed by atoms with Gasteiger partial charge in [0.05, 0.1) is 13.3 Å². The topological polar surface area (TPSA) is 51.5 Å². The normalized spacial score (nSPS) is 10.7. The Morgan fingerprint density at radius 1 is 1.20 bits per heavy atom. The molecule has 3 aromatic rings. The largest absolute Gasteiger partial charge is 0.496 e. The Bertz CT molecular complexity index is 708. The van der Waals surface area contributed by atoms with Gasteiger partial charge in [0.25, 0.3) is 0 Å². The maximum absolute atomic E-state index is 5.34. The molecule has 0 spiro atoms. The highest BCUT2D eigenvalue weighted by atomic mass is 16.5. The van der Waals surface area contributed by atoms with E-state index in [1.807, 2.05) is 36.5 Å². The van der Waals surface area contributed by atoms with Gasteiger partial charge in [-0.25, -0.2) is 9.50 Å². The van der Waals surface area contributed by atoms with Crippen molar-refractivity contribution < 1.29 is 4.74 Å². The van der Waals surface area contributed by atoms with Gasteiger partial charge in [-0.3, -0.25) is 0 Å². The van der Waals surface area contributed by atoms with E-state index in [0.717, 1.165) is 30.2 Å². The minimum atomic E-state index is 0.803. The summed E-state index contributed by atoms with van der Waals surface area (Å²) in [5.41, 5.74) is 2.03. The summed E-state index contributed by atoms with van der Waals surface area (Å²) in [4.78, 5) is 4.47. The molecule has 0 bridgehead atoms. The third-order valence-electron chi connectivity index (χ3n) is 3.15. The Balaban J connectivity index is 1.64. The fraction of sp³-hybridized carbons (Fsp3) is 0.200. The van der Waals surface area contributed by atoms with Crippen LogP contribution in [0.4, 0.5) is 5.82 Å². The zero-order valence-corrected chi connectivity index (χ0v) is 11.3. The SMILES string of the molecule is COc1ccccc1CCNc1ccn2nccc2n1. The highest BCUT2D eigenvalue weighted by Gasteiger charge is 2.02. The monoisotopic (exact) mass is 268 g/mol. The number of nitrogens with one attached hydrogen (secondary N) is 1. The van der Waals surface area contributed by atoms with Gasteiger partial charge in [0.15, 0.2) is 5.65 Å². The van der Waals surface area contributed by atoms with E-state index in [0.29, 0.717) is 0 Å². The molecule has 0 radical (unpaired) electrons. The summed E-state index contributed by atoms with van der Waals surface area (Å²) in [6, 6.07) is 11.9. The number of hydrogen-bond acceptors (Lipinski definition) is 4. The molecule has 2 heterocycles. The summed E-state index contributed by atoms with van der Waals surface area (Å²) >= 11 is 0. The Kier molecular flexibility index (Phi) is 3.50. The molecule has 0 aliphatic rings.